The fourth-order valence-electron chi connectivity index (χ4n) is 2.78. The van der Waals surface area contributed by atoms with Gasteiger partial charge in [-0.15, -0.1) is 24.0 Å². The molecule has 164 valence electrons. The minimum Gasteiger partial charge on any atom is -0.356 e. The molecule has 8 heteroatoms. The molecule has 0 aliphatic rings. The van der Waals surface area contributed by atoms with Crippen LogP contribution in [-0.4, -0.2) is 61.0 Å². The van der Waals surface area contributed by atoms with Gasteiger partial charge >= 0.3 is 0 Å². The van der Waals surface area contributed by atoms with E-state index in [2.05, 4.69) is 15.6 Å². The Morgan fingerprint density at radius 3 is 2.33 bits per heavy atom. The van der Waals surface area contributed by atoms with Crippen LogP contribution in [0.4, 0.5) is 0 Å². The first-order valence-electron chi connectivity index (χ1n) is 9.63. The van der Waals surface area contributed by atoms with Crippen molar-refractivity contribution in [3.63, 3.8) is 0 Å². The van der Waals surface area contributed by atoms with Gasteiger partial charge in [0.05, 0.1) is 0 Å². The van der Waals surface area contributed by atoms with Gasteiger partial charge in [0.2, 0.25) is 0 Å². The molecule has 2 aromatic rings. The Hall–Kier alpha value is -1.94. The molecule has 2 aromatic carbocycles. The van der Waals surface area contributed by atoms with E-state index in [1.807, 2.05) is 54.6 Å². The molecular weight excluding hydrogens is 511 g/mol. The summed E-state index contributed by atoms with van der Waals surface area (Å²) in [4.78, 5) is 17.8. The second-order valence-electron chi connectivity index (χ2n) is 6.85. The average molecular weight is 542 g/mol. The van der Waals surface area contributed by atoms with Gasteiger partial charge in [-0.3, -0.25) is 14.0 Å². The maximum atomic E-state index is 12.2. The summed E-state index contributed by atoms with van der Waals surface area (Å²) in [6, 6.07) is 17.5. The molecule has 0 saturated carbocycles. The van der Waals surface area contributed by atoms with E-state index < -0.39 is 10.8 Å². The lowest BCUT2D eigenvalue weighted by Gasteiger charge is -2.13. The molecule has 0 bridgehead atoms. The molecule has 0 spiro atoms. The minimum atomic E-state index is -0.917. The van der Waals surface area contributed by atoms with Crippen LogP contribution in [0.15, 0.2) is 59.6 Å². The maximum absolute atomic E-state index is 12.2. The third-order valence-electron chi connectivity index (χ3n) is 4.30. The predicted molar refractivity (Wildman–Crippen MR) is 136 cm³/mol. The van der Waals surface area contributed by atoms with Crippen molar-refractivity contribution in [3.05, 3.63) is 71.3 Å². The smallest absolute Gasteiger partial charge is 0.253 e. The van der Waals surface area contributed by atoms with Crippen molar-refractivity contribution in [2.45, 2.75) is 12.2 Å². The highest BCUT2D eigenvalue weighted by Gasteiger charge is 2.08. The second kappa shape index (κ2) is 14.1. The average Bonchev–Trinajstić information content (AvgIpc) is 2.73. The number of carbonyl (C=O) groups is 1. The third kappa shape index (κ3) is 9.25. The summed E-state index contributed by atoms with van der Waals surface area (Å²) in [7, 11) is 4.30. The molecule has 0 aliphatic heterocycles. The van der Waals surface area contributed by atoms with Gasteiger partial charge < -0.3 is 15.5 Å². The van der Waals surface area contributed by atoms with Crippen molar-refractivity contribution in [1.82, 2.24) is 15.5 Å². The van der Waals surface area contributed by atoms with Crippen LogP contribution in [0, 0.1) is 0 Å². The highest BCUT2D eigenvalue weighted by Crippen LogP contribution is 2.08. The summed E-state index contributed by atoms with van der Waals surface area (Å²) in [5.41, 5.74) is 2.86. The van der Waals surface area contributed by atoms with Crippen LogP contribution < -0.4 is 10.6 Å². The quantitative estimate of drug-likeness (QED) is 0.291. The summed E-state index contributed by atoms with van der Waals surface area (Å²) < 4.78 is 12.2. The largest absolute Gasteiger partial charge is 0.356 e. The van der Waals surface area contributed by atoms with Crippen LogP contribution >= 0.6 is 24.0 Å². The molecule has 30 heavy (non-hydrogen) atoms. The van der Waals surface area contributed by atoms with Crippen molar-refractivity contribution in [3.8, 4) is 0 Å². The first-order valence-corrected chi connectivity index (χ1v) is 11.1. The lowest BCUT2D eigenvalue weighted by atomic mass is 10.1. The molecule has 0 aliphatic carbocycles. The predicted octanol–water partition coefficient (Wildman–Crippen LogP) is 2.66. The minimum absolute atomic E-state index is 0. The van der Waals surface area contributed by atoms with E-state index in [0.717, 1.165) is 17.5 Å². The lowest BCUT2D eigenvalue weighted by Crippen LogP contribution is -2.40. The summed E-state index contributed by atoms with van der Waals surface area (Å²) in [6.45, 7) is 1.28. The Labute approximate surface area is 199 Å². The first-order chi connectivity index (χ1) is 14.0. The molecule has 2 rings (SSSR count). The number of halogens is 1. The normalized spacial score (nSPS) is 11.9. The van der Waals surface area contributed by atoms with Crippen LogP contribution in [0.1, 0.15) is 21.5 Å². The molecule has 0 fully saturated rings. The van der Waals surface area contributed by atoms with E-state index in [1.165, 1.54) is 0 Å². The summed E-state index contributed by atoms with van der Waals surface area (Å²) in [6.07, 6.45) is 0.773. The Morgan fingerprint density at radius 2 is 1.67 bits per heavy atom. The zero-order chi connectivity index (χ0) is 21.1. The van der Waals surface area contributed by atoms with Crippen molar-refractivity contribution in [2.75, 3.05) is 40.0 Å². The maximum Gasteiger partial charge on any atom is 0.253 e. The zero-order valence-corrected chi connectivity index (χ0v) is 20.9. The van der Waals surface area contributed by atoms with E-state index in [4.69, 9.17) is 0 Å². The Morgan fingerprint density at radius 1 is 1.00 bits per heavy atom. The van der Waals surface area contributed by atoms with Crippen LogP contribution in [-0.2, 0) is 23.0 Å². The van der Waals surface area contributed by atoms with Crippen LogP contribution in [0.25, 0.3) is 0 Å². The van der Waals surface area contributed by atoms with Gasteiger partial charge in [-0.2, -0.15) is 0 Å². The SMILES string of the molecule is CN=C(NCCc1cccc(C(=O)N(C)C)c1)NCCS(=O)Cc1ccccc1.I. The molecule has 0 radical (unpaired) electrons. The number of hydrogen-bond acceptors (Lipinski definition) is 3. The van der Waals surface area contributed by atoms with Gasteiger partial charge in [0.15, 0.2) is 5.96 Å². The van der Waals surface area contributed by atoms with E-state index in [9.17, 15) is 9.00 Å². The fourth-order valence-corrected chi connectivity index (χ4v) is 3.82. The highest BCUT2D eigenvalue weighted by atomic mass is 127. The van der Waals surface area contributed by atoms with Gasteiger partial charge in [0, 0.05) is 62.1 Å². The summed E-state index contributed by atoms with van der Waals surface area (Å²) in [5, 5.41) is 6.46. The van der Waals surface area contributed by atoms with Crippen LogP contribution in [0.3, 0.4) is 0 Å². The van der Waals surface area contributed by atoms with Crippen LogP contribution in [0.5, 0.6) is 0 Å². The highest BCUT2D eigenvalue weighted by molar-refractivity contribution is 14.0. The van der Waals surface area contributed by atoms with Gasteiger partial charge in [0.25, 0.3) is 5.91 Å². The number of carbonyl (C=O) groups excluding carboxylic acids is 1. The molecule has 0 heterocycles. The monoisotopic (exact) mass is 542 g/mol. The van der Waals surface area contributed by atoms with Gasteiger partial charge in [-0.1, -0.05) is 42.5 Å². The number of rotatable bonds is 9. The van der Waals surface area contributed by atoms with Gasteiger partial charge in [0.1, 0.15) is 0 Å². The van der Waals surface area contributed by atoms with Crippen molar-refractivity contribution >= 4 is 46.6 Å². The number of aliphatic imine (C=N–C) groups is 1. The molecule has 1 unspecified atom stereocenters. The van der Waals surface area contributed by atoms with Crippen molar-refractivity contribution in [2.24, 2.45) is 4.99 Å². The van der Waals surface area contributed by atoms with E-state index in [-0.39, 0.29) is 29.9 Å². The fraction of sp³-hybridized carbons (Fsp3) is 0.364. The van der Waals surface area contributed by atoms with Crippen LogP contribution in [0.2, 0.25) is 0 Å². The van der Waals surface area contributed by atoms with Crippen molar-refractivity contribution in [1.29, 1.82) is 0 Å². The first kappa shape index (κ1) is 26.1. The molecular formula is C22H31IN4O2S. The number of benzene rings is 2. The Bertz CT molecular complexity index is 844. The van der Waals surface area contributed by atoms with E-state index in [1.54, 1.807) is 26.0 Å². The number of nitrogens with one attached hydrogen (secondary N) is 2. The lowest BCUT2D eigenvalue weighted by molar-refractivity contribution is 0.0827. The van der Waals surface area contributed by atoms with E-state index in [0.29, 0.717) is 36.1 Å². The molecule has 0 aromatic heterocycles. The molecule has 6 nitrogen and oxygen atoms in total. The topological polar surface area (TPSA) is 73.8 Å². The number of hydrogen-bond donors (Lipinski definition) is 2. The number of guanidine groups is 1. The molecule has 1 amide bonds. The van der Waals surface area contributed by atoms with Gasteiger partial charge in [-0.05, 0) is 29.7 Å². The third-order valence-corrected chi connectivity index (χ3v) is 5.62. The van der Waals surface area contributed by atoms with Crippen molar-refractivity contribution < 1.29 is 9.00 Å². The number of nitrogens with zero attached hydrogens (tertiary/aromatic N) is 2. The standard InChI is InChI=1S/C22H30N4O2S.HI/c1-23-22(25-14-15-29(28)17-19-8-5-4-6-9-19)24-13-12-18-10-7-11-20(16-18)21(27)26(2)3;/h4-11,16H,12-15,17H2,1-3H3,(H2,23,24,25);1H. The zero-order valence-electron chi connectivity index (χ0n) is 17.8. The molecule has 1 atom stereocenters. The summed E-state index contributed by atoms with van der Waals surface area (Å²) >= 11 is 0. The van der Waals surface area contributed by atoms with E-state index >= 15 is 0 Å². The summed E-state index contributed by atoms with van der Waals surface area (Å²) in [5.74, 6) is 1.81. The number of amides is 1. The Kier molecular flexibility index (Phi) is 12.3. The molecule has 0 saturated heterocycles. The Balaban J connectivity index is 0.00000450. The van der Waals surface area contributed by atoms with Gasteiger partial charge in [-0.25, -0.2) is 0 Å². The second-order valence-corrected chi connectivity index (χ2v) is 8.43. The molecule has 2 N–H and O–H groups in total.